The summed E-state index contributed by atoms with van der Waals surface area (Å²) in [5.41, 5.74) is 2.82. The largest absolute Gasteiger partial charge is 0.313 e. The van der Waals surface area contributed by atoms with Crippen molar-refractivity contribution >= 4 is 0 Å². The van der Waals surface area contributed by atoms with Gasteiger partial charge in [0.1, 0.15) is 0 Å². The van der Waals surface area contributed by atoms with E-state index in [4.69, 9.17) is 0 Å². The fourth-order valence-corrected chi connectivity index (χ4v) is 2.78. The van der Waals surface area contributed by atoms with Gasteiger partial charge < -0.3 is 10.2 Å². The third kappa shape index (κ3) is 9.12. The molecule has 2 nitrogen and oxygen atoms in total. The summed E-state index contributed by atoms with van der Waals surface area (Å²) >= 11 is 0. The summed E-state index contributed by atoms with van der Waals surface area (Å²) in [6.45, 7) is 14.9. The van der Waals surface area contributed by atoms with Crippen LogP contribution in [0.15, 0.2) is 24.3 Å². The van der Waals surface area contributed by atoms with Gasteiger partial charge in [-0.05, 0) is 62.5 Å². The normalized spacial score (nSPS) is 11.6. The van der Waals surface area contributed by atoms with E-state index < -0.39 is 0 Å². The van der Waals surface area contributed by atoms with Gasteiger partial charge in [0.15, 0.2) is 0 Å². The van der Waals surface area contributed by atoms with Gasteiger partial charge in [-0.2, -0.15) is 0 Å². The second kappa shape index (κ2) is 12.5. The lowest BCUT2D eigenvalue weighted by molar-refractivity contribution is 0.261. The molecule has 1 rings (SSSR count). The molecule has 0 aliphatic rings. The number of rotatable bonds is 13. The Bertz CT molecular complexity index is 375. The zero-order valence-electron chi connectivity index (χ0n) is 15.9. The number of unbranched alkanes of at least 4 members (excludes halogenated alkanes) is 2. The van der Waals surface area contributed by atoms with Crippen molar-refractivity contribution in [2.24, 2.45) is 0 Å². The quantitative estimate of drug-likeness (QED) is 0.503. The Labute approximate surface area is 144 Å². The third-order valence-corrected chi connectivity index (χ3v) is 4.46. The molecule has 0 aliphatic heterocycles. The molecule has 132 valence electrons. The van der Waals surface area contributed by atoms with Gasteiger partial charge >= 0.3 is 0 Å². The predicted octanol–water partition coefficient (Wildman–Crippen LogP) is 5.19. The van der Waals surface area contributed by atoms with Crippen LogP contribution in [0.25, 0.3) is 0 Å². The van der Waals surface area contributed by atoms with E-state index >= 15 is 0 Å². The van der Waals surface area contributed by atoms with Crippen LogP contribution in [-0.2, 0) is 6.54 Å². The van der Waals surface area contributed by atoms with Crippen molar-refractivity contribution in [2.75, 3.05) is 26.2 Å². The van der Waals surface area contributed by atoms with Gasteiger partial charge in [0.25, 0.3) is 0 Å². The van der Waals surface area contributed by atoms with Crippen LogP contribution >= 0.6 is 0 Å². The number of benzene rings is 1. The molecule has 0 spiro atoms. The first-order valence-electron chi connectivity index (χ1n) is 9.69. The highest BCUT2D eigenvalue weighted by Crippen LogP contribution is 2.14. The Morgan fingerprint density at radius 1 is 0.870 bits per heavy atom. The summed E-state index contributed by atoms with van der Waals surface area (Å²) in [6, 6.07) is 9.05. The third-order valence-electron chi connectivity index (χ3n) is 4.46. The van der Waals surface area contributed by atoms with Crippen molar-refractivity contribution in [1.29, 1.82) is 0 Å². The standard InChI is InChI=1S/C21H38N2/c1-5-7-15-23(16-8-6-2)17-9-14-22-18-20-10-12-21(13-11-20)19(3)4/h10-13,19,22H,5-9,14-18H2,1-4H3. The summed E-state index contributed by atoms with van der Waals surface area (Å²) in [6.07, 6.45) is 6.51. The summed E-state index contributed by atoms with van der Waals surface area (Å²) in [5.74, 6) is 0.620. The Morgan fingerprint density at radius 3 is 1.96 bits per heavy atom. The maximum Gasteiger partial charge on any atom is 0.0205 e. The Balaban J connectivity index is 2.19. The van der Waals surface area contributed by atoms with Crippen molar-refractivity contribution in [3.8, 4) is 0 Å². The molecule has 1 aromatic carbocycles. The van der Waals surface area contributed by atoms with Crippen LogP contribution in [0.4, 0.5) is 0 Å². The second-order valence-corrected chi connectivity index (χ2v) is 6.98. The summed E-state index contributed by atoms with van der Waals surface area (Å²) in [4.78, 5) is 2.64. The van der Waals surface area contributed by atoms with Gasteiger partial charge in [0.05, 0.1) is 0 Å². The van der Waals surface area contributed by atoms with Gasteiger partial charge in [-0.1, -0.05) is 64.8 Å². The topological polar surface area (TPSA) is 15.3 Å². The first-order chi connectivity index (χ1) is 11.2. The van der Waals surface area contributed by atoms with E-state index in [0.29, 0.717) is 5.92 Å². The van der Waals surface area contributed by atoms with E-state index in [1.165, 1.54) is 62.9 Å². The Morgan fingerprint density at radius 2 is 1.43 bits per heavy atom. The SMILES string of the molecule is CCCCN(CCCC)CCCNCc1ccc(C(C)C)cc1. The zero-order chi connectivity index (χ0) is 16.9. The van der Waals surface area contributed by atoms with Crippen LogP contribution in [-0.4, -0.2) is 31.1 Å². The highest BCUT2D eigenvalue weighted by Gasteiger charge is 2.03. The molecule has 0 bridgehead atoms. The van der Waals surface area contributed by atoms with E-state index in [-0.39, 0.29) is 0 Å². The monoisotopic (exact) mass is 318 g/mol. The lowest BCUT2D eigenvalue weighted by atomic mass is 10.0. The van der Waals surface area contributed by atoms with Crippen LogP contribution < -0.4 is 5.32 Å². The van der Waals surface area contributed by atoms with E-state index in [1.807, 2.05) is 0 Å². The number of hydrogen-bond acceptors (Lipinski definition) is 2. The van der Waals surface area contributed by atoms with Crippen LogP contribution in [0, 0.1) is 0 Å². The fourth-order valence-electron chi connectivity index (χ4n) is 2.78. The molecule has 0 aromatic heterocycles. The molecule has 0 saturated heterocycles. The summed E-state index contributed by atoms with van der Waals surface area (Å²) < 4.78 is 0. The van der Waals surface area contributed by atoms with Gasteiger partial charge in [-0.15, -0.1) is 0 Å². The molecule has 2 heteroatoms. The minimum Gasteiger partial charge on any atom is -0.313 e. The maximum absolute atomic E-state index is 3.59. The molecule has 0 atom stereocenters. The van der Waals surface area contributed by atoms with Crippen molar-refractivity contribution in [1.82, 2.24) is 10.2 Å². The Kier molecular flexibility index (Phi) is 11.0. The van der Waals surface area contributed by atoms with Gasteiger partial charge in [0, 0.05) is 6.54 Å². The van der Waals surface area contributed by atoms with E-state index in [1.54, 1.807) is 0 Å². The average molecular weight is 319 g/mol. The first kappa shape index (κ1) is 20.2. The molecule has 0 fully saturated rings. The summed E-state index contributed by atoms with van der Waals surface area (Å²) in [5, 5.41) is 3.59. The molecule has 0 amide bonds. The molecule has 0 radical (unpaired) electrons. The molecule has 0 saturated carbocycles. The van der Waals surface area contributed by atoms with Crippen molar-refractivity contribution in [3.63, 3.8) is 0 Å². The number of nitrogens with one attached hydrogen (secondary N) is 1. The first-order valence-corrected chi connectivity index (χ1v) is 9.69. The average Bonchev–Trinajstić information content (AvgIpc) is 2.56. The molecule has 1 N–H and O–H groups in total. The van der Waals surface area contributed by atoms with Crippen molar-refractivity contribution < 1.29 is 0 Å². The Hall–Kier alpha value is -0.860. The molecule has 0 unspecified atom stereocenters. The smallest absolute Gasteiger partial charge is 0.0205 e. The highest BCUT2D eigenvalue weighted by molar-refractivity contribution is 5.24. The van der Waals surface area contributed by atoms with Crippen LogP contribution in [0.1, 0.15) is 76.8 Å². The molecule has 1 aromatic rings. The number of nitrogens with zero attached hydrogens (tertiary/aromatic N) is 1. The van der Waals surface area contributed by atoms with Gasteiger partial charge in [-0.3, -0.25) is 0 Å². The molecular formula is C21H38N2. The van der Waals surface area contributed by atoms with Gasteiger partial charge in [-0.25, -0.2) is 0 Å². The molecule has 0 heterocycles. The highest BCUT2D eigenvalue weighted by atomic mass is 15.1. The van der Waals surface area contributed by atoms with E-state index in [2.05, 4.69) is 62.2 Å². The molecule has 23 heavy (non-hydrogen) atoms. The van der Waals surface area contributed by atoms with E-state index in [9.17, 15) is 0 Å². The molecular weight excluding hydrogens is 280 g/mol. The van der Waals surface area contributed by atoms with Crippen LogP contribution in [0.5, 0.6) is 0 Å². The summed E-state index contributed by atoms with van der Waals surface area (Å²) in [7, 11) is 0. The fraction of sp³-hybridized carbons (Fsp3) is 0.714. The lowest BCUT2D eigenvalue weighted by Crippen LogP contribution is -2.29. The maximum atomic E-state index is 3.59. The second-order valence-electron chi connectivity index (χ2n) is 6.98. The van der Waals surface area contributed by atoms with E-state index in [0.717, 1.165) is 13.1 Å². The number of hydrogen-bond donors (Lipinski definition) is 1. The van der Waals surface area contributed by atoms with Crippen molar-refractivity contribution in [2.45, 2.75) is 72.3 Å². The van der Waals surface area contributed by atoms with Gasteiger partial charge in [0.2, 0.25) is 0 Å². The minimum atomic E-state index is 0.620. The van der Waals surface area contributed by atoms with Crippen LogP contribution in [0.3, 0.4) is 0 Å². The predicted molar refractivity (Wildman–Crippen MR) is 103 cm³/mol. The zero-order valence-corrected chi connectivity index (χ0v) is 15.9. The molecule has 0 aliphatic carbocycles. The lowest BCUT2D eigenvalue weighted by Gasteiger charge is -2.22. The van der Waals surface area contributed by atoms with Crippen molar-refractivity contribution in [3.05, 3.63) is 35.4 Å². The van der Waals surface area contributed by atoms with Crippen LogP contribution in [0.2, 0.25) is 0 Å². The minimum absolute atomic E-state index is 0.620.